The summed E-state index contributed by atoms with van der Waals surface area (Å²) in [6.45, 7) is 0.0256. The van der Waals surface area contributed by atoms with E-state index in [-0.39, 0.29) is 11.8 Å². The number of anilines is 1. The first-order valence-electron chi connectivity index (χ1n) is 10.5. The van der Waals surface area contributed by atoms with E-state index in [2.05, 4.69) is 12.6 Å². The molecule has 0 aliphatic rings. The van der Waals surface area contributed by atoms with Gasteiger partial charge in [-0.25, -0.2) is 0 Å². The highest BCUT2D eigenvalue weighted by molar-refractivity contribution is 7.80. The average molecular weight is 450 g/mol. The average Bonchev–Trinajstić information content (AvgIpc) is 2.83. The second-order valence-corrected chi connectivity index (χ2v) is 7.86. The second-order valence-electron chi connectivity index (χ2n) is 7.49. The third-order valence-corrected chi connectivity index (χ3v) is 5.59. The Balaban J connectivity index is 1.68. The number of rotatable bonds is 11. The number of ether oxygens (including phenoxy) is 1. The zero-order valence-electron chi connectivity index (χ0n) is 17.8. The molecule has 0 heterocycles. The lowest BCUT2D eigenvalue weighted by Crippen LogP contribution is -2.40. The summed E-state index contributed by atoms with van der Waals surface area (Å²) >= 11 is 4.36. The highest BCUT2D eigenvalue weighted by Gasteiger charge is 2.26. The number of carboxylic acids is 1. The van der Waals surface area contributed by atoms with E-state index >= 15 is 0 Å². The Morgan fingerprint density at radius 2 is 1.47 bits per heavy atom. The van der Waals surface area contributed by atoms with Crippen LogP contribution in [0.3, 0.4) is 0 Å². The van der Waals surface area contributed by atoms with Crippen molar-refractivity contribution in [1.82, 2.24) is 0 Å². The summed E-state index contributed by atoms with van der Waals surface area (Å²) in [5.74, 6) is -0.692. The molecule has 3 rings (SSSR count). The Morgan fingerprint density at radius 3 is 2.03 bits per heavy atom. The zero-order valence-corrected chi connectivity index (χ0v) is 18.7. The van der Waals surface area contributed by atoms with Crippen LogP contribution in [-0.2, 0) is 22.6 Å². The molecule has 0 saturated heterocycles. The minimum absolute atomic E-state index is 0.240. The van der Waals surface area contributed by atoms with Crippen LogP contribution in [0.5, 0.6) is 5.75 Å². The predicted molar refractivity (Wildman–Crippen MR) is 129 cm³/mol. The van der Waals surface area contributed by atoms with Crippen molar-refractivity contribution in [1.29, 1.82) is 0 Å². The van der Waals surface area contributed by atoms with Crippen molar-refractivity contribution in [2.24, 2.45) is 5.92 Å². The van der Waals surface area contributed by atoms with Crippen molar-refractivity contribution in [3.05, 3.63) is 96.1 Å². The summed E-state index contributed by atoms with van der Waals surface area (Å²) < 4.78 is 5.79. The predicted octanol–water partition coefficient (Wildman–Crippen LogP) is 4.86. The topological polar surface area (TPSA) is 66.8 Å². The zero-order chi connectivity index (χ0) is 22.8. The Hall–Kier alpha value is -3.25. The Morgan fingerprint density at radius 1 is 0.875 bits per heavy atom. The second kappa shape index (κ2) is 12.0. The van der Waals surface area contributed by atoms with Crippen molar-refractivity contribution in [2.45, 2.75) is 19.4 Å². The molecule has 0 fully saturated rings. The quantitative estimate of drug-likeness (QED) is 0.410. The van der Waals surface area contributed by atoms with Crippen molar-refractivity contribution < 1.29 is 19.4 Å². The first kappa shape index (κ1) is 23.4. The first-order valence-corrected chi connectivity index (χ1v) is 11.1. The van der Waals surface area contributed by atoms with Crippen molar-refractivity contribution in [2.75, 3.05) is 17.2 Å². The summed E-state index contributed by atoms with van der Waals surface area (Å²) in [5.41, 5.74) is 2.71. The molecule has 3 aromatic carbocycles. The maximum absolute atomic E-state index is 13.2. The van der Waals surface area contributed by atoms with Gasteiger partial charge in [0, 0.05) is 17.4 Å². The van der Waals surface area contributed by atoms with Crippen LogP contribution in [-0.4, -0.2) is 29.3 Å². The third kappa shape index (κ3) is 6.89. The summed E-state index contributed by atoms with van der Waals surface area (Å²) in [4.78, 5) is 26.0. The number of carbonyl (C=O) groups is 2. The molecule has 166 valence electrons. The minimum Gasteiger partial charge on any atom is -0.489 e. The number of hydrogen-bond acceptors (Lipinski definition) is 4. The third-order valence-electron chi connectivity index (χ3n) is 5.15. The van der Waals surface area contributed by atoms with E-state index in [0.717, 1.165) is 17.5 Å². The highest BCUT2D eigenvalue weighted by atomic mass is 32.1. The molecule has 6 heteroatoms. The fourth-order valence-corrected chi connectivity index (χ4v) is 3.73. The molecule has 1 amide bonds. The van der Waals surface area contributed by atoms with E-state index < -0.39 is 12.5 Å². The maximum atomic E-state index is 13.2. The van der Waals surface area contributed by atoms with Gasteiger partial charge in [-0.2, -0.15) is 12.6 Å². The van der Waals surface area contributed by atoms with Gasteiger partial charge < -0.3 is 14.7 Å². The van der Waals surface area contributed by atoms with Gasteiger partial charge in [-0.3, -0.25) is 9.59 Å². The van der Waals surface area contributed by atoms with Gasteiger partial charge in [-0.1, -0.05) is 60.7 Å². The van der Waals surface area contributed by atoms with Crippen molar-refractivity contribution in [3.63, 3.8) is 0 Å². The number of nitrogens with zero attached hydrogens (tertiary/aromatic N) is 1. The first-order chi connectivity index (χ1) is 15.6. The molecule has 1 atom stereocenters. The molecule has 0 aliphatic carbocycles. The monoisotopic (exact) mass is 449 g/mol. The standard InChI is InChI=1S/C26H27NO4S/c28-25(29)17-27(26(30)22(19-32)12-11-20-7-3-1-4-8-20)23-13-15-24(16-14-23)31-18-21-9-5-2-6-10-21/h1-10,13-16,22,32H,11-12,17-19H2,(H,28,29). The van der Waals surface area contributed by atoms with Gasteiger partial charge in [-0.15, -0.1) is 0 Å². The van der Waals surface area contributed by atoms with E-state index in [1.807, 2.05) is 60.7 Å². The Bertz CT molecular complexity index is 993. The van der Waals surface area contributed by atoms with Crippen LogP contribution >= 0.6 is 12.6 Å². The lowest BCUT2D eigenvalue weighted by molar-refractivity contribution is -0.137. The number of carboxylic acid groups (broad SMARTS) is 1. The largest absolute Gasteiger partial charge is 0.489 e. The highest BCUT2D eigenvalue weighted by Crippen LogP contribution is 2.24. The van der Waals surface area contributed by atoms with Crippen LogP contribution in [0.4, 0.5) is 5.69 Å². The molecule has 0 radical (unpaired) electrons. The SMILES string of the molecule is O=C(O)CN(C(=O)C(CS)CCc1ccccc1)c1ccc(OCc2ccccc2)cc1. The van der Waals surface area contributed by atoms with Gasteiger partial charge >= 0.3 is 5.97 Å². The molecule has 1 N–H and O–H groups in total. The van der Waals surface area contributed by atoms with Crippen LogP contribution in [0.1, 0.15) is 17.5 Å². The molecule has 5 nitrogen and oxygen atoms in total. The van der Waals surface area contributed by atoms with Crippen LogP contribution < -0.4 is 9.64 Å². The number of benzene rings is 3. The maximum Gasteiger partial charge on any atom is 0.323 e. The van der Waals surface area contributed by atoms with Crippen molar-refractivity contribution >= 4 is 30.2 Å². The van der Waals surface area contributed by atoms with E-state index in [1.54, 1.807) is 24.3 Å². The molecule has 32 heavy (non-hydrogen) atoms. The van der Waals surface area contributed by atoms with E-state index in [0.29, 0.717) is 30.2 Å². The molecule has 0 bridgehead atoms. The Kier molecular flexibility index (Phi) is 8.75. The Labute approximate surface area is 194 Å². The number of aliphatic carboxylic acids is 1. The number of thiol groups is 1. The van der Waals surface area contributed by atoms with Gasteiger partial charge in [0.25, 0.3) is 0 Å². The van der Waals surface area contributed by atoms with Crippen LogP contribution in [0.25, 0.3) is 0 Å². The molecular formula is C26H27NO4S. The van der Waals surface area contributed by atoms with E-state index in [9.17, 15) is 14.7 Å². The van der Waals surface area contributed by atoms with Gasteiger partial charge in [0.05, 0.1) is 0 Å². The number of aryl methyl sites for hydroxylation is 1. The van der Waals surface area contributed by atoms with Crippen LogP contribution in [0.2, 0.25) is 0 Å². The number of hydrogen-bond donors (Lipinski definition) is 2. The number of carbonyl (C=O) groups excluding carboxylic acids is 1. The molecule has 0 aromatic heterocycles. The molecule has 0 spiro atoms. The van der Waals surface area contributed by atoms with E-state index in [4.69, 9.17) is 4.74 Å². The molecule has 3 aromatic rings. The van der Waals surface area contributed by atoms with Gasteiger partial charge in [0.1, 0.15) is 18.9 Å². The molecule has 0 saturated carbocycles. The van der Waals surface area contributed by atoms with Crippen LogP contribution in [0.15, 0.2) is 84.9 Å². The summed E-state index contributed by atoms with van der Waals surface area (Å²) in [7, 11) is 0. The summed E-state index contributed by atoms with van der Waals surface area (Å²) in [6, 6.07) is 26.7. The van der Waals surface area contributed by atoms with Gasteiger partial charge in [0.15, 0.2) is 0 Å². The molecule has 0 aliphatic heterocycles. The fourth-order valence-electron chi connectivity index (χ4n) is 3.39. The van der Waals surface area contributed by atoms with E-state index in [1.165, 1.54) is 4.90 Å². The smallest absolute Gasteiger partial charge is 0.323 e. The minimum atomic E-state index is -1.07. The summed E-state index contributed by atoms with van der Waals surface area (Å²) in [5, 5.41) is 9.38. The van der Waals surface area contributed by atoms with Crippen LogP contribution in [0, 0.1) is 5.92 Å². The number of amides is 1. The lowest BCUT2D eigenvalue weighted by atomic mass is 9.99. The lowest BCUT2D eigenvalue weighted by Gasteiger charge is -2.26. The van der Waals surface area contributed by atoms with Gasteiger partial charge in [0.2, 0.25) is 5.91 Å². The normalized spacial score (nSPS) is 11.5. The molecule has 1 unspecified atom stereocenters. The van der Waals surface area contributed by atoms with Crippen molar-refractivity contribution in [3.8, 4) is 5.75 Å². The van der Waals surface area contributed by atoms with Gasteiger partial charge in [-0.05, 0) is 48.2 Å². The summed E-state index contributed by atoms with van der Waals surface area (Å²) in [6.07, 6.45) is 1.33. The molecular weight excluding hydrogens is 422 g/mol. The fraction of sp³-hybridized carbons (Fsp3) is 0.231.